The van der Waals surface area contributed by atoms with Crippen LogP contribution in [0.5, 0.6) is 0 Å². The van der Waals surface area contributed by atoms with Crippen LogP contribution in [0.25, 0.3) is 0 Å². The summed E-state index contributed by atoms with van der Waals surface area (Å²) < 4.78 is 19.7. The summed E-state index contributed by atoms with van der Waals surface area (Å²) in [7, 11) is 0. The number of aromatic nitrogens is 1. The molecule has 1 unspecified atom stereocenters. The number of nitrogens with zero attached hydrogens (tertiary/aromatic N) is 2. The maximum Gasteiger partial charge on any atom is 0.222 e. The second-order valence-electron chi connectivity index (χ2n) is 8.64. The van der Waals surface area contributed by atoms with Crippen LogP contribution in [0.4, 0.5) is 4.39 Å². The van der Waals surface area contributed by atoms with Crippen molar-refractivity contribution in [3.8, 4) is 0 Å². The minimum atomic E-state index is -0.164. The number of benzene rings is 1. The van der Waals surface area contributed by atoms with Gasteiger partial charge in [-0.1, -0.05) is 18.2 Å². The maximum atomic E-state index is 14.1. The van der Waals surface area contributed by atoms with E-state index in [-0.39, 0.29) is 17.8 Å². The van der Waals surface area contributed by atoms with Gasteiger partial charge in [-0.3, -0.25) is 9.78 Å². The molecule has 0 N–H and O–H groups in total. The molecule has 4 rings (SSSR count). The molecule has 0 saturated carbocycles. The lowest BCUT2D eigenvalue weighted by Gasteiger charge is -2.32. The monoisotopic (exact) mass is 410 g/mol. The molecule has 2 aliphatic heterocycles. The van der Waals surface area contributed by atoms with Crippen LogP contribution in [0, 0.1) is 12.7 Å². The van der Waals surface area contributed by atoms with Gasteiger partial charge in [0.25, 0.3) is 0 Å². The normalized spacial score (nSPS) is 19.9. The van der Waals surface area contributed by atoms with Gasteiger partial charge < -0.3 is 9.64 Å². The van der Waals surface area contributed by atoms with Gasteiger partial charge in [0.1, 0.15) is 5.82 Å². The van der Waals surface area contributed by atoms with Crippen LogP contribution in [-0.4, -0.2) is 41.6 Å². The molecule has 160 valence electrons. The number of carbonyl (C=O) groups excluding carboxylic acids is 1. The molecule has 2 saturated heterocycles. The predicted molar refractivity (Wildman–Crippen MR) is 115 cm³/mol. The Morgan fingerprint density at radius 3 is 2.73 bits per heavy atom. The van der Waals surface area contributed by atoms with Crippen LogP contribution in [0.1, 0.15) is 67.0 Å². The number of halogens is 1. The van der Waals surface area contributed by atoms with Crippen molar-refractivity contribution in [1.29, 1.82) is 0 Å². The number of amides is 1. The summed E-state index contributed by atoms with van der Waals surface area (Å²) in [6, 6.07) is 11.1. The fourth-order valence-corrected chi connectivity index (χ4v) is 4.68. The third kappa shape index (κ3) is 5.25. The highest BCUT2D eigenvalue weighted by atomic mass is 19.1. The molecule has 0 aliphatic carbocycles. The van der Waals surface area contributed by atoms with Gasteiger partial charge in [-0.2, -0.15) is 0 Å². The highest BCUT2D eigenvalue weighted by Crippen LogP contribution is 2.29. The fraction of sp³-hybridized carbons (Fsp3) is 0.520. The van der Waals surface area contributed by atoms with Gasteiger partial charge in [0.2, 0.25) is 5.91 Å². The average molecular weight is 411 g/mol. The minimum absolute atomic E-state index is 0.164. The molecule has 0 bridgehead atoms. The standard InChI is InChI=1S/C25H31FN2O2/c1-18-15-19(16-21-5-2-3-7-23(21)26)17-24(27-18)20-10-12-28(13-11-20)25(29)9-8-22-6-4-14-30-22/h2-3,5,7,15,17,20,22H,4,6,8-14,16H2,1H3. The fourth-order valence-electron chi connectivity index (χ4n) is 4.68. The molecule has 2 aromatic rings. The lowest BCUT2D eigenvalue weighted by Crippen LogP contribution is -2.38. The van der Waals surface area contributed by atoms with Crippen molar-refractivity contribution in [1.82, 2.24) is 9.88 Å². The van der Waals surface area contributed by atoms with Crippen molar-refractivity contribution in [3.05, 3.63) is 64.7 Å². The zero-order chi connectivity index (χ0) is 20.9. The maximum absolute atomic E-state index is 14.1. The van der Waals surface area contributed by atoms with Crippen molar-refractivity contribution < 1.29 is 13.9 Å². The third-order valence-electron chi connectivity index (χ3n) is 6.36. The summed E-state index contributed by atoms with van der Waals surface area (Å²) in [4.78, 5) is 19.3. The number of piperidine rings is 1. The van der Waals surface area contributed by atoms with Crippen LogP contribution >= 0.6 is 0 Å². The highest BCUT2D eigenvalue weighted by Gasteiger charge is 2.26. The lowest BCUT2D eigenvalue weighted by atomic mass is 9.91. The summed E-state index contributed by atoms with van der Waals surface area (Å²) in [5.74, 6) is 0.441. The molecule has 3 heterocycles. The summed E-state index contributed by atoms with van der Waals surface area (Å²) >= 11 is 0. The van der Waals surface area contributed by atoms with Crippen molar-refractivity contribution in [2.24, 2.45) is 0 Å². The molecule has 1 aromatic heterocycles. The van der Waals surface area contributed by atoms with Crippen LogP contribution in [0.2, 0.25) is 0 Å². The molecule has 2 aliphatic rings. The summed E-state index contributed by atoms with van der Waals surface area (Å²) in [5, 5.41) is 0. The smallest absolute Gasteiger partial charge is 0.222 e. The number of pyridine rings is 1. The van der Waals surface area contributed by atoms with Crippen molar-refractivity contribution in [3.63, 3.8) is 0 Å². The molecule has 1 atom stereocenters. The van der Waals surface area contributed by atoms with E-state index < -0.39 is 0 Å². The van der Waals surface area contributed by atoms with E-state index >= 15 is 0 Å². The Hall–Kier alpha value is -2.27. The zero-order valence-electron chi connectivity index (χ0n) is 17.8. The first-order valence-corrected chi connectivity index (χ1v) is 11.2. The molecule has 1 aromatic carbocycles. The Morgan fingerprint density at radius 2 is 2.00 bits per heavy atom. The van der Waals surface area contributed by atoms with Gasteiger partial charge in [0, 0.05) is 49.8 Å². The first-order valence-electron chi connectivity index (χ1n) is 11.2. The van der Waals surface area contributed by atoms with E-state index in [1.807, 2.05) is 30.0 Å². The van der Waals surface area contributed by atoms with E-state index in [0.29, 0.717) is 24.3 Å². The lowest BCUT2D eigenvalue weighted by molar-refractivity contribution is -0.132. The quantitative estimate of drug-likeness (QED) is 0.688. The molecule has 4 nitrogen and oxygen atoms in total. The number of rotatable bonds is 6. The summed E-state index contributed by atoms with van der Waals surface area (Å²) in [5.41, 5.74) is 3.85. The number of likely N-dealkylation sites (tertiary alicyclic amines) is 1. The highest BCUT2D eigenvalue weighted by molar-refractivity contribution is 5.76. The topological polar surface area (TPSA) is 42.4 Å². The van der Waals surface area contributed by atoms with Crippen molar-refractivity contribution >= 4 is 5.91 Å². The summed E-state index contributed by atoms with van der Waals surface area (Å²) in [6.07, 6.45) is 6.35. The molecule has 2 fully saturated rings. The molecule has 5 heteroatoms. The second-order valence-corrected chi connectivity index (χ2v) is 8.64. The molecule has 1 amide bonds. The van der Waals surface area contributed by atoms with Crippen molar-refractivity contribution in [2.75, 3.05) is 19.7 Å². The van der Waals surface area contributed by atoms with Crippen LogP contribution in [0.15, 0.2) is 36.4 Å². The molecular formula is C25H31FN2O2. The third-order valence-corrected chi connectivity index (χ3v) is 6.36. The van der Waals surface area contributed by atoms with Crippen LogP contribution in [0.3, 0.4) is 0 Å². The Bertz CT molecular complexity index is 871. The number of ether oxygens (including phenoxy) is 1. The van der Waals surface area contributed by atoms with E-state index in [0.717, 1.165) is 68.8 Å². The van der Waals surface area contributed by atoms with E-state index in [1.165, 1.54) is 6.07 Å². The Labute approximate surface area is 178 Å². The Balaban J connectivity index is 1.34. The number of hydrogen-bond acceptors (Lipinski definition) is 3. The number of carbonyl (C=O) groups is 1. The van der Waals surface area contributed by atoms with Gasteiger partial charge >= 0.3 is 0 Å². The van der Waals surface area contributed by atoms with Gasteiger partial charge in [-0.15, -0.1) is 0 Å². The zero-order valence-corrected chi connectivity index (χ0v) is 17.8. The van der Waals surface area contributed by atoms with Gasteiger partial charge in [0.05, 0.1) is 6.10 Å². The first-order chi connectivity index (χ1) is 14.6. The summed E-state index contributed by atoms with van der Waals surface area (Å²) in [6.45, 7) is 4.41. The van der Waals surface area contributed by atoms with E-state index in [9.17, 15) is 9.18 Å². The molecule has 0 spiro atoms. The van der Waals surface area contributed by atoms with Gasteiger partial charge in [-0.25, -0.2) is 4.39 Å². The molecular weight excluding hydrogens is 379 g/mol. The minimum Gasteiger partial charge on any atom is -0.378 e. The average Bonchev–Trinajstić information content (AvgIpc) is 3.27. The van der Waals surface area contributed by atoms with Crippen molar-refractivity contribution in [2.45, 2.75) is 63.9 Å². The largest absolute Gasteiger partial charge is 0.378 e. The predicted octanol–water partition coefficient (Wildman–Crippen LogP) is 4.79. The van der Waals surface area contributed by atoms with E-state index in [1.54, 1.807) is 6.07 Å². The van der Waals surface area contributed by atoms with Crippen LogP contribution in [-0.2, 0) is 16.0 Å². The molecule has 0 radical (unpaired) electrons. The SMILES string of the molecule is Cc1cc(Cc2ccccc2F)cc(C2CCN(C(=O)CCC3CCCO3)CC2)n1. The molecule has 30 heavy (non-hydrogen) atoms. The second kappa shape index (κ2) is 9.69. The van der Waals surface area contributed by atoms with Crippen LogP contribution < -0.4 is 0 Å². The Kier molecular flexibility index (Phi) is 6.78. The number of hydrogen-bond donors (Lipinski definition) is 0. The first kappa shape index (κ1) is 21.0. The van der Waals surface area contributed by atoms with Gasteiger partial charge in [-0.05, 0) is 68.4 Å². The van der Waals surface area contributed by atoms with E-state index in [4.69, 9.17) is 9.72 Å². The van der Waals surface area contributed by atoms with Gasteiger partial charge in [0.15, 0.2) is 0 Å². The van der Waals surface area contributed by atoms with E-state index in [2.05, 4.69) is 6.07 Å². The Morgan fingerprint density at radius 1 is 1.20 bits per heavy atom. The number of aryl methyl sites for hydroxylation is 1.